The predicted octanol–water partition coefficient (Wildman–Crippen LogP) is 6.22. The molecule has 0 heterocycles. The van der Waals surface area contributed by atoms with E-state index in [2.05, 4.69) is 20.7 Å². The molecule has 4 rings (SSSR count). The Morgan fingerprint density at radius 3 is 1.71 bits per heavy atom. The summed E-state index contributed by atoms with van der Waals surface area (Å²) in [6.45, 7) is 0. The summed E-state index contributed by atoms with van der Waals surface area (Å²) in [7, 11) is 0. The maximum Gasteiger partial charge on any atom is 0.234 e. The third kappa shape index (κ3) is 6.81. The van der Waals surface area contributed by atoms with Crippen molar-refractivity contribution in [3.05, 3.63) is 57.6 Å². The predicted molar refractivity (Wildman–Crippen MR) is 145 cm³/mol. The summed E-state index contributed by atoms with van der Waals surface area (Å²) in [5.41, 5.74) is 11.5. The lowest BCUT2D eigenvalue weighted by Crippen LogP contribution is -2.29. The highest BCUT2D eigenvalue weighted by Gasteiger charge is 2.26. The summed E-state index contributed by atoms with van der Waals surface area (Å²) in [5, 5.41) is 34.9. The number of nitrogens with two attached hydrogens (primary N) is 1. The van der Waals surface area contributed by atoms with Crippen molar-refractivity contribution in [3.8, 4) is 11.5 Å². The molecule has 7 nitrogen and oxygen atoms in total. The molecular weight excluding hydrogens is 509 g/mol. The lowest BCUT2D eigenvalue weighted by atomic mass is 9.95. The van der Waals surface area contributed by atoms with Gasteiger partial charge in [-0.3, -0.25) is 0 Å². The van der Waals surface area contributed by atoms with Crippen LogP contribution >= 0.6 is 35.6 Å². The molecule has 0 bridgehead atoms. The normalized spacial score (nSPS) is 18.1. The van der Waals surface area contributed by atoms with Crippen LogP contribution in [0.25, 0.3) is 0 Å². The minimum absolute atomic E-state index is 0. The number of rotatable bonds is 6. The van der Waals surface area contributed by atoms with E-state index >= 15 is 0 Å². The number of halogens is 3. The van der Waals surface area contributed by atoms with E-state index in [1.165, 1.54) is 12.1 Å². The smallest absolute Gasteiger partial charge is 0.234 e. The highest BCUT2D eigenvalue weighted by atomic mass is 35.5. The molecule has 0 saturated heterocycles. The van der Waals surface area contributed by atoms with E-state index in [1.54, 1.807) is 24.3 Å². The van der Waals surface area contributed by atoms with Crippen molar-refractivity contribution in [2.75, 3.05) is 0 Å². The van der Waals surface area contributed by atoms with Gasteiger partial charge in [0, 0.05) is 33.0 Å². The Labute approximate surface area is 221 Å². The van der Waals surface area contributed by atoms with Gasteiger partial charge in [-0.2, -0.15) is 10.2 Å². The monoisotopic (exact) mass is 537 g/mol. The van der Waals surface area contributed by atoms with Crippen LogP contribution in [0.2, 0.25) is 10.0 Å². The van der Waals surface area contributed by atoms with Crippen LogP contribution in [0.5, 0.6) is 11.5 Å². The second kappa shape index (κ2) is 12.5. The van der Waals surface area contributed by atoms with Crippen LogP contribution in [0, 0.1) is 11.8 Å². The van der Waals surface area contributed by atoms with Gasteiger partial charge in [0.15, 0.2) is 0 Å². The van der Waals surface area contributed by atoms with Crippen LogP contribution in [0.1, 0.15) is 62.5 Å². The van der Waals surface area contributed by atoms with Gasteiger partial charge in [-0.15, -0.1) is 17.5 Å². The lowest BCUT2D eigenvalue weighted by Gasteiger charge is -2.15. The minimum atomic E-state index is 0. The summed E-state index contributed by atoms with van der Waals surface area (Å²) >= 11 is 12.0. The number of guanidine groups is 1. The van der Waals surface area contributed by atoms with Crippen molar-refractivity contribution in [3.63, 3.8) is 0 Å². The Hall–Kier alpha value is -2.48. The van der Waals surface area contributed by atoms with Gasteiger partial charge in [0.05, 0.1) is 11.4 Å². The number of nitrogens with zero attached hydrogens (tertiary/aromatic N) is 3. The molecule has 2 saturated carbocycles. The first-order chi connectivity index (χ1) is 16.4. The fourth-order valence-electron chi connectivity index (χ4n) is 4.82. The Balaban J connectivity index is 0.00000342. The molecule has 5 N–H and O–H groups in total. The fraction of sp³-hybridized carbons (Fsp3) is 0.400. The Kier molecular flexibility index (Phi) is 9.66. The lowest BCUT2D eigenvalue weighted by molar-refractivity contribution is 0.472. The molecule has 35 heavy (non-hydrogen) atoms. The Bertz CT molecular complexity index is 1120. The fourth-order valence-corrected chi connectivity index (χ4v) is 5.15. The van der Waals surface area contributed by atoms with Gasteiger partial charge in [0.1, 0.15) is 11.5 Å². The van der Waals surface area contributed by atoms with E-state index in [1.807, 2.05) is 0 Å². The van der Waals surface area contributed by atoms with Crippen LogP contribution in [0.15, 0.2) is 51.7 Å². The molecule has 10 heteroatoms. The van der Waals surface area contributed by atoms with E-state index in [0.717, 1.165) is 57.1 Å². The number of hydrogen-bond acceptors (Lipinski definition) is 5. The largest absolute Gasteiger partial charge is 0.507 e. The first kappa shape index (κ1) is 27.1. The number of benzene rings is 2. The van der Waals surface area contributed by atoms with E-state index in [0.29, 0.717) is 26.9 Å². The number of nitrogens with one attached hydrogen (secondary N) is 1. The van der Waals surface area contributed by atoms with E-state index in [4.69, 9.17) is 28.9 Å². The molecule has 2 aliphatic rings. The first-order valence-corrected chi connectivity index (χ1v) is 12.4. The number of phenolic OH excluding ortho intramolecular Hbond substituents is 2. The molecule has 0 aliphatic heterocycles. The van der Waals surface area contributed by atoms with Crippen molar-refractivity contribution in [1.82, 2.24) is 5.43 Å². The summed E-state index contributed by atoms with van der Waals surface area (Å²) < 4.78 is 0. The van der Waals surface area contributed by atoms with Crippen molar-refractivity contribution in [2.45, 2.75) is 51.4 Å². The zero-order chi connectivity index (χ0) is 24.1. The second-order valence-corrected chi connectivity index (χ2v) is 9.74. The van der Waals surface area contributed by atoms with Crippen molar-refractivity contribution >= 4 is 53.0 Å². The topological polar surface area (TPSA) is 116 Å². The third-order valence-electron chi connectivity index (χ3n) is 6.51. The van der Waals surface area contributed by atoms with Crippen LogP contribution in [0.4, 0.5) is 0 Å². The van der Waals surface area contributed by atoms with Crippen molar-refractivity contribution < 1.29 is 10.2 Å². The molecule has 2 aliphatic carbocycles. The maximum absolute atomic E-state index is 10.4. The summed E-state index contributed by atoms with van der Waals surface area (Å²) in [5.74, 6) is 0.561. The molecule has 0 radical (unpaired) electrons. The minimum Gasteiger partial charge on any atom is -0.507 e. The first-order valence-electron chi connectivity index (χ1n) is 11.6. The molecule has 2 aromatic carbocycles. The van der Waals surface area contributed by atoms with E-state index < -0.39 is 0 Å². The van der Waals surface area contributed by atoms with Crippen LogP contribution in [-0.2, 0) is 0 Å². The van der Waals surface area contributed by atoms with E-state index in [9.17, 15) is 10.2 Å². The zero-order valence-corrected chi connectivity index (χ0v) is 21.6. The van der Waals surface area contributed by atoms with Gasteiger partial charge in [-0.05, 0) is 62.1 Å². The molecular formula is C25H30Cl3N5O2. The van der Waals surface area contributed by atoms with Crippen LogP contribution in [0.3, 0.4) is 0 Å². The average Bonchev–Trinajstić information content (AvgIpc) is 3.51. The highest BCUT2D eigenvalue weighted by molar-refractivity contribution is 6.31. The highest BCUT2D eigenvalue weighted by Crippen LogP contribution is 2.34. The third-order valence-corrected chi connectivity index (χ3v) is 6.98. The quantitative estimate of drug-likeness (QED) is 0.198. The Morgan fingerprint density at radius 1 is 0.771 bits per heavy atom. The van der Waals surface area contributed by atoms with E-state index in [-0.39, 0.29) is 41.7 Å². The zero-order valence-electron chi connectivity index (χ0n) is 19.3. The van der Waals surface area contributed by atoms with Crippen molar-refractivity contribution in [1.29, 1.82) is 0 Å². The average molecular weight is 539 g/mol. The van der Waals surface area contributed by atoms with Crippen LogP contribution < -0.4 is 11.2 Å². The number of hydrazone groups is 1. The number of aromatic hydroxyl groups is 2. The molecule has 2 aromatic rings. The van der Waals surface area contributed by atoms with Gasteiger partial charge >= 0.3 is 0 Å². The standard InChI is InChI=1S/C25H29Cl2N5O2.ClH/c26-17-9-11-19(21(33)13-17)23(15-5-1-2-6-15)29-31-25(28)32-30-24(16-7-3-4-8-16)20-12-10-18(27)14-22(20)34;/h9-16,33-34H,1-8H2,(H3,28,31,32);1H. The Morgan fingerprint density at radius 2 is 1.23 bits per heavy atom. The molecule has 0 unspecified atom stereocenters. The van der Waals surface area contributed by atoms with Gasteiger partial charge in [0.25, 0.3) is 0 Å². The molecule has 0 aromatic heterocycles. The molecule has 0 atom stereocenters. The van der Waals surface area contributed by atoms with Gasteiger partial charge in [-0.1, -0.05) is 48.9 Å². The van der Waals surface area contributed by atoms with Gasteiger partial charge in [0.2, 0.25) is 5.96 Å². The van der Waals surface area contributed by atoms with Crippen LogP contribution in [-0.4, -0.2) is 27.6 Å². The number of hydrogen-bond donors (Lipinski definition) is 4. The van der Waals surface area contributed by atoms with Gasteiger partial charge in [-0.25, -0.2) is 5.43 Å². The second-order valence-electron chi connectivity index (χ2n) is 8.87. The van der Waals surface area contributed by atoms with Gasteiger partial charge < -0.3 is 15.9 Å². The molecule has 2 fully saturated rings. The van der Waals surface area contributed by atoms with Crippen molar-refractivity contribution in [2.24, 2.45) is 32.9 Å². The summed E-state index contributed by atoms with van der Waals surface area (Å²) in [4.78, 5) is 0. The maximum atomic E-state index is 10.4. The summed E-state index contributed by atoms with van der Waals surface area (Å²) in [6, 6.07) is 9.99. The summed E-state index contributed by atoms with van der Waals surface area (Å²) in [6.07, 6.45) is 8.36. The molecule has 0 spiro atoms. The molecule has 188 valence electrons. The number of phenols is 2. The molecule has 0 amide bonds. The SMILES string of the molecule is Cl.N/C(=N\N=C(c1ccc(Cl)cc1O)C1CCCC1)NN=C(c1ccc(Cl)cc1O)C1CCCC1.